The molecule has 0 aliphatic carbocycles. The van der Waals surface area contributed by atoms with Gasteiger partial charge in [-0.2, -0.15) is 10.2 Å². The summed E-state index contributed by atoms with van der Waals surface area (Å²) in [7, 11) is 0. The Morgan fingerprint density at radius 1 is 0.625 bits per heavy atom. The predicted molar refractivity (Wildman–Crippen MR) is 256 cm³/mol. The van der Waals surface area contributed by atoms with Gasteiger partial charge < -0.3 is 18.5 Å². The van der Waals surface area contributed by atoms with Crippen LogP contribution in [-0.4, -0.2) is 85.5 Å². The van der Waals surface area contributed by atoms with Gasteiger partial charge in [0.05, 0.1) is 45.0 Å². The second-order valence-electron chi connectivity index (χ2n) is 15.4. The Kier molecular flexibility index (Phi) is 14.6. The molecule has 10 heterocycles. The van der Waals surface area contributed by atoms with Gasteiger partial charge in [0, 0.05) is 36.6 Å². The van der Waals surface area contributed by atoms with Crippen LogP contribution in [-0.2, 0) is 9.47 Å². The molecule has 0 spiro atoms. The molecule has 0 aromatic carbocycles. The summed E-state index contributed by atoms with van der Waals surface area (Å²) in [5.41, 5.74) is 10.4. The molecule has 0 saturated carbocycles. The molecule has 2 fully saturated rings. The van der Waals surface area contributed by atoms with Gasteiger partial charge in [0.2, 0.25) is 0 Å². The highest BCUT2D eigenvalue weighted by Crippen LogP contribution is 2.36. The average Bonchev–Trinajstić information content (AvgIpc) is 4.07. The zero-order valence-electron chi connectivity index (χ0n) is 36.8. The molecule has 0 bridgehead atoms. The van der Waals surface area contributed by atoms with Crippen LogP contribution >= 0.6 is 57.7 Å². The van der Waals surface area contributed by atoms with E-state index >= 15 is 0 Å². The molecule has 0 radical (unpaired) electrons. The highest BCUT2D eigenvalue weighted by molar-refractivity contribution is 14.1. The van der Waals surface area contributed by atoms with Crippen molar-refractivity contribution < 1.29 is 18.5 Å². The van der Waals surface area contributed by atoms with E-state index in [4.69, 9.17) is 50.2 Å². The molecule has 10 rings (SSSR count). The Balaban J connectivity index is 0.000000148. The number of aryl methyl sites for hydroxylation is 6. The molecule has 334 valence electrons. The standard InChI is InChI=1S/C22H24N6O2S.C16H17IN4O2.C6H7ClN2S/c1-12-11-23-22(31-4)25-19(12)20-15-8-9-16(18-13(2)27-30-14(18)3)24-21(15)28(26-20)17-7-5-6-10-29-17;1-9-14(10(2)23-20-9)12-7-6-11-15(17)19-21(16(11)18-12)13-5-3-4-8-22-13;1-4-3-8-6(10-2)9-5(4)7/h8-9,11,17H,5-7,10H2,1-4H3;6-7,13H,3-5,8H2,1-2H3;3H,1-2H3. The zero-order chi connectivity index (χ0) is 45.1. The smallest absolute Gasteiger partial charge is 0.188 e. The highest BCUT2D eigenvalue weighted by atomic mass is 127. The summed E-state index contributed by atoms with van der Waals surface area (Å²) in [5.74, 6) is 1.53. The van der Waals surface area contributed by atoms with E-state index in [9.17, 15) is 0 Å². The third kappa shape index (κ3) is 9.69. The summed E-state index contributed by atoms with van der Waals surface area (Å²) in [5, 5.41) is 21.7. The van der Waals surface area contributed by atoms with Crippen LogP contribution in [0.3, 0.4) is 0 Å². The summed E-state index contributed by atoms with van der Waals surface area (Å²) < 4.78 is 27.4. The van der Waals surface area contributed by atoms with Crippen LogP contribution in [0, 0.1) is 45.2 Å². The van der Waals surface area contributed by atoms with Crippen LogP contribution in [0.5, 0.6) is 0 Å². The van der Waals surface area contributed by atoms with Crippen LogP contribution in [0.25, 0.3) is 56.0 Å². The lowest BCUT2D eigenvalue weighted by atomic mass is 10.1. The third-order valence-corrected chi connectivity index (χ3v) is 13.2. The molecular weight excluding hydrogens is 987 g/mol. The van der Waals surface area contributed by atoms with Crippen molar-refractivity contribution in [1.29, 1.82) is 0 Å². The van der Waals surface area contributed by atoms with E-state index in [1.807, 2.05) is 81.7 Å². The van der Waals surface area contributed by atoms with Gasteiger partial charge in [-0.05, 0) is 145 Å². The number of nitrogens with zero attached hydrogens (tertiary/aromatic N) is 12. The van der Waals surface area contributed by atoms with Crippen molar-refractivity contribution in [3.63, 3.8) is 0 Å². The quantitative estimate of drug-likeness (QED) is 0.0635. The maximum absolute atomic E-state index is 6.07. The Morgan fingerprint density at radius 3 is 1.64 bits per heavy atom. The minimum absolute atomic E-state index is 0.0258. The normalized spacial score (nSPS) is 16.4. The number of fused-ring (bicyclic) bond motifs is 2. The highest BCUT2D eigenvalue weighted by Gasteiger charge is 2.26. The van der Waals surface area contributed by atoms with Crippen molar-refractivity contribution in [2.75, 3.05) is 25.7 Å². The Labute approximate surface area is 397 Å². The van der Waals surface area contributed by atoms with Crippen LogP contribution in [0.4, 0.5) is 0 Å². The van der Waals surface area contributed by atoms with Crippen LogP contribution in [0.2, 0.25) is 5.15 Å². The van der Waals surface area contributed by atoms with Gasteiger partial charge in [0.15, 0.2) is 34.1 Å². The second-order valence-corrected chi connectivity index (χ2v) is 18.4. The first-order valence-electron chi connectivity index (χ1n) is 20.9. The van der Waals surface area contributed by atoms with Crippen LogP contribution in [0.15, 0.2) is 56.0 Å². The van der Waals surface area contributed by atoms with Gasteiger partial charge >= 0.3 is 0 Å². The molecule has 16 nitrogen and oxygen atoms in total. The number of halogens is 2. The van der Waals surface area contributed by atoms with Crippen molar-refractivity contribution in [2.24, 2.45) is 0 Å². The van der Waals surface area contributed by atoms with E-state index in [-0.39, 0.29) is 12.5 Å². The average molecular weight is 1040 g/mol. The fourth-order valence-electron chi connectivity index (χ4n) is 7.65. The fourth-order valence-corrected chi connectivity index (χ4v) is 9.16. The number of ether oxygens (including phenoxy) is 2. The molecule has 2 atom stereocenters. The largest absolute Gasteiger partial charge is 0.361 e. The number of pyridine rings is 2. The summed E-state index contributed by atoms with van der Waals surface area (Å²) in [4.78, 5) is 27.0. The van der Waals surface area contributed by atoms with E-state index in [1.165, 1.54) is 23.5 Å². The van der Waals surface area contributed by atoms with E-state index in [1.54, 1.807) is 6.20 Å². The summed E-state index contributed by atoms with van der Waals surface area (Å²) >= 11 is 11.0. The first-order chi connectivity index (χ1) is 30.9. The van der Waals surface area contributed by atoms with Gasteiger partial charge in [-0.1, -0.05) is 45.4 Å². The molecule has 2 saturated heterocycles. The van der Waals surface area contributed by atoms with E-state index in [0.717, 1.165) is 156 Å². The van der Waals surface area contributed by atoms with Crippen LogP contribution in [0.1, 0.15) is 85.0 Å². The predicted octanol–water partition coefficient (Wildman–Crippen LogP) is 11.1. The maximum Gasteiger partial charge on any atom is 0.188 e. The number of aromatic nitrogens is 12. The van der Waals surface area contributed by atoms with Gasteiger partial charge in [0.1, 0.15) is 26.1 Å². The van der Waals surface area contributed by atoms with Crippen molar-refractivity contribution in [1.82, 2.24) is 59.8 Å². The summed E-state index contributed by atoms with van der Waals surface area (Å²) in [6.45, 7) is 13.1. The molecule has 64 heavy (non-hydrogen) atoms. The first kappa shape index (κ1) is 46.0. The Hall–Kier alpha value is -4.54. The molecule has 2 aliphatic heterocycles. The van der Waals surface area contributed by atoms with Crippen LogP contribution < -0.4 is 0 Å². The van der Waals surface area contributed by atoms with E-state index in [2.05, 4.69) is 65.1 Å². The number of hydrogen-bond donors (Lipinski definition) is 0. The number of thioether (sulfide) groups is 2. The number of rotatable bonds is 7. The Bertz CT molecular complexity index is 2880. The van der Waals surface area contributed by atoms with Gasteiger partial charge in [-0.25, -0.2) is 39.3 Å². The zero-order valence-corrected chi connectivity index (χ0v) is 41.4. The van der Waals surface area contributed by atoms with Crippen molar-refractivity contribution in [3.8, 4) is 33.9 Å². The molecule has 8 aromatic rings. The van der Waals surface area contributed by atoms with Gasteiger partial charge in [0.25, 0.3) is 0 Å². The minimum Gasteiger partial charge on any atom is -0.361 e. The monoisotopic (exact) mass is 1030 g/mol. The third-order valence-electron chi connectivity index (χ3n) is 10.9. The second kappa shape index (κ2) is 20.3. The molecule has 0 N–H and O–H groups in total. The fraction of sp³-hybridized carbons (Fsp3) is 0.409. The van der Waals surface area contributed by atoms with Crippen molar-refractivity contribution in [2.45, 2.75) is 103 Å². The molecule has 8 aromatic heterocycles. The molecule has 2 aliphatic rings. The van der Waals surface area contributed by atoms with Gasteiger partial charge in [-0.15, -0.1) is 0 Å². The Morgan fingerprint density at radius 2 is 1.14 bits per heavy atom. The lowest BCUT2D eigenvalue weighted by molar-refractivity contribution is -0.0372. The lowest BCUT2D eigenvalue weighted by Gasteiger charge is -2.23. The van der Waals surface area contributed by atoms with Crippen molar-refractivity contribution in [3.05, 3.63) is 79.5 Å². The van der Waals surface area contributed by atoms with E-state index < -0.39 is 0 Å². The number of hydrogen-bond acceptors (Lipinski definition) is 16. The minimum atomic E-state index is -0.139. The molecular formula is C44H48ClIN12O4S2. The lowest BCUT2D eigenvalue weighted by Crippen LogP contribution is -2.19. The SMILES string of the molecule is CSc1ncc(C)c(-c2nn(C3CCCCO3)c3nc(-c4c(C)noc4C)ccc23)n1.CSc1ncc(C)c(Cl)n1.Cc1noc(C)c1-c1ccc2c(I)nn(C3CCCCO3)c2n1. The molecule has 2 unspecified atom stereocenters. The first-order valence-corrected chi connectivity index (χ1v) is 24.8. The maximum atomic E-state index is 6.07. The topological polar surface area (TPSA) is 184 Å². The summed E-state index contributed by atoms with van der Waals surface area (Å²) in [6, 6.07) is 8.13. The van der Waals surface area contributed by atoms with Crippen molar-refractivity contribution >= 4 is 79.8 Å². The molecule has 0 amide bonds. The van der Waals surface area contributed by atoms with E-state index in [0.29, 0.717) is 5.15 Å². The van der Waals surface area contributed by atoms with Gasteiger partial charge in [-0.3, -0.25) is 0 Å². The summed E-state index contributed by atoms with van der Waals surface area (Å²) in [6.07, 6.45) is 13.6. The molecule has 20 heteroatoms.